The summed E-state index contributed by atoms with van der Waals surface area (Å²) in [5.41, 5.74) is 4.10. The fourth-order valence-corrected chi connectivity index (χ4v) is 4.92. The van der Waals surface area contributed by atoms with Gasteiger partial charge < -0.3 is 9.47 Å². The van der Waals surface area contributed by atoms with Gasteiger partial charge in [-0.25, -0.2) is 19.7 Å². The minimum absolute atomic E-state index is 0. The predicted molar refractivity (Wildman–Crippen MR) is 147 cm³/mol. The fraction of sp³-hybridized carbons (Fsp3) is 0.214. The van der Waals surface area contributed by atoms with Gasteiger partial charge in [0, 0.05) is 14.6 Å². The molecule has 3 aromatic heterocycles. The second kappa shape index (κ2) is 11.0. The highest BCUT2D eigenvalue weighted by atomic mass is 32.2. The number of sulfonamides is 1. The number of hydrogen-bond acceptors (Lipinski definition) is 8. The minimum Gasteiger partial charge on any atom is -0.478 e. The first-order valence-electron chi connectivity index (χ1n) is 11.9. The van der Waals surface area contributed by atoms with Crippen LogP contribution < -0.4 is 14.2 Å². The number of nitrogens with zero attached hydrogens (tertiary/aromatic N) is 3. The molecule has 10 heteroatoms. The quantitative estimate of drug-likeness (QED) is 0.310. The van der Waals surface area contributed by atoms with Gasteiger partial charge in [-0.1, -0.05) is 29.8 Å². The molecule has 0 unspecified atom stereocenters. The van der Waals surface area contributed by atoms with E-state index in [1.54, 1.807) is 43.3 Å². The van der Waals surface area contributed by atoms with E-state index in [-0.39, 0.29) is 19.3 Å². The smallest absolute Gasteiger partial charge is 0.281 e. The molecular weight excluding hydrogens is 504 g/mol. The molecule has 0 saturated heterocycles. The highest BCUT2D eigenvalue weighted by Crippen LogP contribution is 2.32. The number of carbonyl (C=O) groups excluding carboxylic acids is 1. The van der Waals surface area contributed by atoms with Crippen LogP contribution in [0.3, 0.4) is 0 Å². The Balaban J connectivity index is 0.00000280. The number of rotatable bonds is 8. The summed E-state index contributed by atoms with van der Waals surface area (Å²) < 4.78 is 39.5. The second-order valence-corrected chi connectivity index (χ2v) is 10.4. The zero-order chi connectivity index (χ0) is 27.4. The number of nitrogens with one attached hydrogen (secondary N) is 1. The average Bonchev–Trinajstić information content (AvgIpc) is 2.86. The molecule has 200 valence electrons. The van der Waals surface area contributed by atoms with Crippen LogP contribution >= 0.6 is 0 Å². The maximum Gasteiger partial charge on any atom is 0.281 e. The van der Waals surface area contributed by atoms with E-state index < -0.39 is 15.9 Å². The maximum atomic E-state index is 13.3. The van der Waals surface area contributed by atoms with Crippen molar-refractivity contribution >= 4 is 15.9 Å². The molecule has 0 fully saturated rings. The van der Waals surface area contributed by atoms with Crippen LogP contribution in [0.15, 0.2) is 65.7 Å². The van der Waals surface area contributed by atoms with Gasteiger partial charge in [0.25, 0.3) is 15.9 Å². The van der Waals surface area contributed by atoms with Crippen LogP contribution in [0.5, 0.6) is 17.5 Å². The van der Waals surface area contributed by atoms with Gasteiger partial charge in [0.15, 0.2) is 5.03 Å². The Hall–Kier alpha value is -4.31. The molecule has 0 radical (unpaired) electrons. The van der Waals surface area contributed by atoms with Gasteiger partial charge in [0.2, 0.25) is 11.8 Å². The van der Waals surface area contributed by atoms with Crippen molar-refractivity contribution in [2.24, 2.45) is 0 Å². The normalized spacial score (nSPS) is 11.2. The standard InChI is InChI=1S/C28H28N4O5S.2H2/c1-6-36-24-11-8-10-22(30-24)23-14-13-21(27(33)32-38(34,35)25-12-7-9-20(5)29-25)28(31-23)37-26-18(3)15-17(2)16-19(26)4;;/h7-16H,6H2,1-5H3,(H,32,33);2*1H. The lowest BCUT2D eigenvalue weighted by Gasteiger charge is -2.16. The van der Waals surface area contributed by atoms with E-state index in [1.165, 1.54) is 12.1 Å². The molecule has 0 bridgehead atoms. The molecule has 38 heavy (non-hydrogen) atoms. The molecule has 4 rings (SSSR count). The first kappa shape index (κ1) is 26.7. The van der Waals surface area contributed by atoms with Crippen LogP contribution in [0.25, 0.3) is 11.4 Å². The average molecular weight is 537 g/mol. The van der Waals surface area contributed by atoms with Crippen molar-refractivity contribution in [2.75, 3.05) is 6.61 Å². The van der Waals surface area contributed by atoms with E-state index in [0.717, 1.165) is 16.7 Å². The first-order valence-corrected chi connectivity index (χ1v) is 13.4. The number of carbonyl (C=O) groups is 1. The van der Waals surface area contributed by atoms with Crippen molar-refractivity contribution in [1.29, 1.82) is 0 Å². The zero-order valence-electron chi connectivity index (χ0n) is 21.8. The van der Waals surface area contributed by atoms with E-state index in [2.05, 4.69) is 19.7 Å². The van der Waals surface area contributed by atoms with Crippen molar-refractivity contribution < 1.29 is 25.5 Å². The van der Waals surface area contributed by atoms with E-state index in [1.807, 2.05) is 39.8 Å². The number of aryl methyl sites for hydroxylation is 4. The number of ether oxygens (including phenoxy) is 2. The number of pyridine rings is 3. The topological polar surface area (TPSA) is 120 Å². The number of hydrogen-bond donors (Lipinski definition) is 1. The summed E-state index contributed by atoms with van der Waals surface area (Å²) in [7, 11) is -4.24. The Morgan fingerprint density at radius 1 is 0.895 bits per heavy atom. The molecule has 0 atom stereocenters. The lowest BCUT2D eigenvalue weighted by molar-refractivity contribution is 0.0978. The van der Waals surface area contributed by atoms with Crippen molar-refractivity contribution in [3.05, 3.63) is 88.6 Å². The van der Waals surface area contributed by atoms with E-state index in [0.29, 0.717) is 35.3 Å². The van der Waals surface area contributed by atoms with Crippen LogP contribution in [0.4, 0.5) is 0 Å². The maximum absolute atomic E-state index is 13.3. The monoisotopic (exact) mass is 536 g/mol. The molecule has 4 aromatic rings. The van der Waals surface area contributed by atoms with Crippen LogP contribution in [0.2, 0.25) is 0 Å². The van der Waals surface area contributed by atoms with Gasteiger partial charge in [-0.05, 0) is 76.1 Å². The summed E-state index contributed by atoms with van der Waals surface area (Å²) in [5.74, 6) is -0.0153. The molecule has 0 aliphatic rings. The van der Waals surface area contributed by atoms with Gasteiger partial charge >= 0.3 is 0 Å². The molecule has 1 amide bonds. The van der Waals surface area contributed by atoms with Crippen molar-refractivity contribution in [3.8, 4) is 28.9 Å². The van der Waals surface area contributed by atoms with Crippen molar-refractivity contribution in [1.82, 2.24) is 19.7 Å². The van der Waals surface area contributed by atoms with Crippen molar-refractivity contribution in [3.63, 3.8) is 0 Å². The Labute approximate surface area is 224 Å². The van der Waals surface area contributed by atoms with Gasteiger partial charge in [-0.2, -0.15) is 8.42 Å². The molecule has 0 saturated carbocycles. The Morgan fingerprint density at radius 2 is 1.58 bits per heavy atom. The van der Waals surface area contributed by atoms with Crippen LogP contribution in [0, 0.1) is 27.7 Å². The Morgan fingerprint density at radius 3 is 2.26 bits per heavy atom. The molecule has 1 N–H and O–H groups in total. The molecule has 0 spiro atoms. The molecule has 1 aromatic carbocycles. The SMILES string of the molecule is CCOc1cccc(-c2ccc(C(=O)NS(=O)(=O)c3cccc(C)n3)c(Oc3c(C)cc(C)cc3C)n2)n1.[HH].[HH]. The Kier molecular flexibility index (Phi) is 7.72. The second-order valence-electron chi connectivity index (χ2n) is 8.73. The largest absolute Gasteiger partial charge is 0.478 e. The Bertz CT molecular complexity index is 1610. The third kappa shape index (κ3) is 5.97. The highest BCUT2D eigenvalue weighted by Gasteiger charge is 2.25. The van der Waals surface area contributed by atoms with Gasteiger partial charge in [-0.15, -0.1) is 0 Å². The summed E-state index contributed by atoms with van der Waals surface area (Å²) in [5, 5.41) is -0.264. The molecule has 3 heterocycles. The fourth-order valence-electron chi connectivity index (χ4n) is 3.94. The van der Waals surface area contributed by atoms with Gasteiger partial charge in [0.1, 0.15) is 11.3 Å². The number of amides is 1. The van der Waals surface area contributed by atoms with Gasteiger partial charge in [-0.3, -0.25) is 4.79 Å². The van der Waals surface area contributed by atoms with E-state index in [9.17, 15) is 13.2 Å². The summed E-state index contributed by atoms with van der Waals surface area (Å²) in [4.78, 5) is 26.3. The van der Waals surface area contributed by atoms with Gasteiger partial charge in [0.05, 0.1) is 18.0 Å². The van der Waals surface area contributed by atoms with Crippen LogP contribution in [0.1, 0.15) is 42.5 Å². The van der Waals surface area contributed by atoms with Crippen molar-refractivity contribution in [2.45, 2.75) is 39.6 Å². The lowest BCUT2D eigenvalue weighted by Crippen LogP contribution is -2.31. The molecule has 0 aliphatic heterocycles. The molecule has 9 nitrogen and oxygen atoms in total. The number of aromatic nitrogens is 3. The summed E-state index contributed by atoms with van der Waals surface area (Å²) in [6.45, 7) is 9.73. The first-order chi connectivity index (χ1) is 18.1. The van der Waals surface area contributed by atoms with Crippen LogP contribution in [-0.2, 0) is 10.0 Å². The highest BCUT2D eigenvalue weighted by molar-refractivity contribution is 7.90. The minimum atomic E-state index is -4.24. The zero-order valence-corrected chi connectivity index (χ0v) is 22.6. The summed E-state index contributed by atoms with van der Waals surface area (Å²) in [6, 6.07) is 16.7. The summed E-state index contributed by atoms with van der Waals surface area (Å²) >= 11 is 0. The third-order valence-corrected chi connectivity index (χ3v) is 6.78. The third-order valence-electron chi connectivity index (χ3n) is 5.55. The van der Waals surface area contributed by atoms with Crippen LogP contribution in [-0.4, -0.2) is 35.9 Å². The molecular formula is C28H32N4O5S. The van der Waals surface area contributed by atoms with E-state index in [4.69, 9.17) is 9.47 Å². The summed E-state index contributed by atoms with van der Waals surface area (Å²) in [6.07, 6.45) is 0. The number of benzene rings is 1. The lowest BCUT2D eigenvalue weighted by atomic mass is 10.1. The van der Waals surface area contributed by atoms with E-state index >= 15 is 0 Å². The molecule has 0 aliphatic carbocycles. The predicted octanol–water partition coefficient (Wildman–Crippen LogP) is 5.57.